The van der Waals surface area contributed by atoms with Crippen molar-refractivity contribution in [1.29, 1.82) is 0 Å². The lowest BCUT2D eigenvalue weighted by Gasteiger charge is -2.30. The predicted molar refractivity (Wildman–Crippen MR) is 255 cm³/mol. The largest absolute Gasteiger partial charge is 0.311 e. The molecule has 0 radical (unpaired) electrons. The third-order valence-corrected chi connectivity index (χ3v) is 12.9. The number of nitrogens with zero attached hydrogens (tertiary/aromatic N) is 3. The number of para-hydroxylation sites is 4. The molecule has 0 spiro atoms. The van der Waals surface area contributed by atoms with Crippen molar-refractivity contribution in [1.82, 2.24) is 4.57 Å². The Hall–Kier alpha value is -6.84. The highest BCUT2D eigenvalue weighted by molar-refractivity contribution is 6.10. The van der Waals surface area contributed by atoms with Crippen LogP contribution in [0.3, 0.4) is 0 Å². The second-order valence-corrected chi connectivity index (χ2v) is 16.9. The number of hydrogen-bond donors (Lipinski definition) is 0. The van der Waals surface area contributed by atoms with E-state index in [0.29, 0.717) is 5.92 Å². The molecule has 60 heavy (non-hydrogen) atoms. The number of rotatable bonds is 10. The van der Waals surface area contributed by atoms with Crippen molar-refractivity contribution in [2.75, 3.05) is 9.80 Å². The molecule has 9 aromatic rings. The minimum absolute atomic E-state index is 0.219. The fourth-order valence-corrected chi connectivity index (χ4v) is 9.55. The van der Waals surface area contributed by atoms with Crippen LogP contribution >= 0.6 is 0 Å². The molecule has 1 aromatic heterocycles. The maximum Gasteiger partial charge on any atom is 0.0561 e. The summed E-state index contributed by atoms with van der Waals surface area (Å²) >= 11 is 0. The molecule has 1 fully saturated rings. The maximum absolute atomic E-state index is 2.39. The lowest BCUT2D eigenvalue weighted by atomic mass is 9.78. The third-order valence-electron chi connectivity index (χ3n) is 12.9. The van der Waals surface area contributed by atoms with Crippen molar-refractivity contribution in [3.05, 3.63) is 223 Å². The Morgan fingerprint density at radius 3 is 1.40 bits per heavy atom. The topological polar surface area (TPSA) is 11.4 Å². The van der Waals surface area contributed by atoms with Gasteiger partial charge >= 0.3 is 0 Å². The SMILES string of the molecule is CC(C)(c1ccc(N(c2ccccc2)c2ccc(C3CCCCC3)cc2)cc1)c1ccc(N(c2ccccc2)c2ccc3c4ccccc4n(-c4ccccc4)c3c2)cc1. The Morgan fingerprint density at radius 1 is 0.400 bits per heavy atom. The molecule has 1 saturated carbocycles. The van der Waals surface area contributed by atoms with Crippen LogP contribution in [-0.4, -0.2) is 4.57 Å². The van der Waals surface area contributed by atoms with Gasteiger partial charge in [-0.3, -0.25) is 0 Å². The number of anilines is 6. The summed E-state index contributed by atoms with van der Waals surface area (Å²) in [6, 6.07) is 75.5. The summed E-state index contributed by atoms with van der Waals surface area (Å²) in [6.45, 7) is 4.67. The second-order valence-electron chi connectivity index (χ2n) is 16.9. The number of benzene rings is 8. The molecule has 1 aliphatic rings. The van der Waals surface area contributed by atoms with Crippen molar-refractivity contribution in [2.24, 2.45) is 0 Å². The van der Waals surface area contributed by atoms with E-state index in [9.17, 15) is 0 Å². The Labute approximate surface area is 354 Å². The number of hydrogen-bond acceptors (Lipinski definition) is 2. The van der Waals surface area contributed by atoms with Gasteiger partial charge in [-0.05, 0) is 126 Å². The van der Waals surface area contributed by atoms with Crippen LogP contribution in [0.4, 0.5) is 34.1 Å². The minimum Gasteiger partial charge on any atom is -0.311 e. The van der Waals surface area contributed by atoms with Crippen LogP contribution in [0.15, 0.2) is 206 Å². The summed E-state index contributed by atoms with van der Waals surface area (Å²) in [5.74, 6) is 0.693. The molecule has 0 aliphatic heterocycles. The fraction of sp³-hybridized carbons (Fsp3) is 0.158. The van der Waals surface area contributed by atoms with Crippen LogP contribution in [0, 0.1) is 0 Å². The van der Waals surface area contributed by atoms with Crippen LogP contribution in [0.25, 0.3) is 27.5 Å². The van der Waals surface area contributed by atoms with Crippen LogP contribution in [0.1, 0.15) is 68.6 Å². The van der Waals surface area contributed by atoms with E-state index >= 15 is 0 Å². The standard InChI is InChI=1S/C57H51N3/c1-57(2,44-29-35-50(36-30-44)58(46-19-9-4-10-20-46)49-33-27-43(28-34-49)42-17-7-3-8-18-42)45-31-37-51(38-32-45)59(47-21-11-5-12-22-47)52-39-40-54-53-25-15-16-26-55(53)60(56(54)41-52)48-23-13-6-14-24-48/h4-6,9-16,19-42H,3,7-8,17-18H2,1-2H3. The summed E-state index contributed by atoms with van der Waals surface area (Å²) in [4.78, 5) is 4.75. The lowest BCUT2D eigenvalue weighted by Crippen LogP contribution is -2.19. The molecule has 0 N–H and O–H groups in total. The van der Waals surface area contributed by atoms with Crippen molar-refractivity contribution in [2.45, 2.75) is 57.3 Å². The highest BCUT2D eigenvalue weighted by Crippen LogP contribution is 2.42. The third kappa shape index (κ3) is 7.05. The lowest BCUT2D eigenvalue weighted by molar-refractivity contribution is 0.443. The molecule has 3 nitrogen and oxygen atoms in total. The second kappa shape index (κ2) is 16.1. The van der Waals surface area contributed by atoms with Gasteiger partial charge in [0.2, 0.25) is 0 Å². The molecule has 1 heterocycles. The molecule has 0 bridgehead atoms. The van der Waals surface area contributed by atoms with Gasteiger partial charge in [0.25, 0.3) is 0 Å². The zero-order valence-electron chi connectivity index (χ0n) is 34.6. The zero-order valence-corrected chi connectivity index (χ0v) is 34.6. The highest BCUT2D eigenvalue weighted by Gasteiger charge is 2.25. The molecule has 0 unspecified atom stereocenters. The Morgan fingerprint density at radius 2 is 0.833 bits per heavy atom. The zero-order chi connectivity index (χ0) is 40.5. The molecule has 294 valence electrons. The molecule has 0 atom stereocenters. The summed E-state index contributed by atoms with van der Waals surface area (Å²) in [5.41, 5.74) is 14.2. The Bertz CT molecular complexity index is 2830. The van der Waals surface area contributed by atoms with Gasteiger partial charge in [0.1, 0.15) is 0 Å². The monoisotopic (exact) mass is 777 g/mol. The van der Waals surface area contributed by atoms with Gasteiger partial charge in [0.15, 0.2) is 0 Å². The van der Waals surface area contributed by atoms with Gasteiger partial charge in [-0.2, -0.15) is 0 Å². The van der Waals surface area contributed by atoms with Crippen molar-refractivity contribution < 1.29 is 0 Å². The van der Waals surface area contributed by atoms with E-state index in [1.54, 1.807) is 0 Å². The first-order valence-electron chi connectivity index (χ1n) is 21.6. The molecule has 3 heteroatoms. The Kier molecular flexibility index (Phi) is 10.0. The van der Waals surface area contributed by atoms with Gasteiger partial charge in [-0.25, -0.2) is 0 Å². The quantitative estimate of drug-likeness (QED) is 0.137. The molecular formula is C57H51N3. The molecule has 0 saturated heterocycles. The van der Waals surface area contributed by atoms with E-state index in [2.05, 4.69) is 234 Å². The average molecular weight is 778 g/mol. The van der Waals surface area contributed by atoms with Gasteiger partial charge < -0.3 is 14.4 Å². The normalized spacial score (nSPS) is 13.4. The van der Waals surface area contributed by atoms with Crippen molar-refractivity contribution in [3.63, 3.8) is 0 Å². The van der Waals surface area contributed by atoms with Crippen LogP contribution in [0.5, 0.6) is 0 Å². The predicted octanol–water partition coefficient (Wildman–Crippen LogP) is 16.1. The van der Waals surface area contributed by atoms with Gasteiger partial charge in [0.05, 0.1) is 11.0 Å². The van der Waals surface area contributed by atoms with Gasteiger partial charge in [-0.15, -0.1) is 0 Å². The fourth-order valence-electron chi connectivity index (χ4n) is 9.55. The minimum atomic E-state index is -0.219. The summed E-state index contributed by atoms with van der Waals surface area (Å²) in [7, 11) is 0. The molecule has 0 amide bonds. The average Bonchev–Trinajstić information content (AvgIpc) is 3.65. The van der Waals surface area contributed by atoms with E-state index in [1.165, 1.54) is 76.3 Å². The van der Waals surface area contributed by atoms with Gasteiger partial charge in [0, 0.05) is 56.0 Å². The van der Waals surface area contributed by atoms with Crippen LogP contribution < -0.4 is 9.80 Å². The number of fused-ring (bicyclic) bond motifs is 3. The van der Waals surface area contributed by atoms with E-state index in [0.717, 1.165) is 34.1 Å². The first kappa shape index (κ1) is 37.4. The van der Waals surface area contributed by atoms with E-state index in [-0.39, 0.29) is 5.41 Å². The highest BCUT2D eigenvalue weighted by atomic mass is 15.1. The van der Waals surface area contributed by atoms with Crippen LogP contribution in [-0.2, 0) is 5.41 Å². The number of aromatic nitrogens is 1. The van der Waals surface area contributed by atoms with E-state index < -0.39 is 0 Å². The summed E-state index contributed by atoms with van der Waals surface area (Å²) < 4.78 is 2.39. The van der Waals surface area contributed by atoms with Crippen LogP contribution in [0.2, 0.25) is 0 Å². The maximum atomic E-state index is 2.39. The van der Waals surface area contributed by atoms with Crippen molar-refractivity contribution in [3.8, 4) is 5.69 Å². The Balaban J connectivity index is 0.972. The van der Waals surface area contributed by atoms with Gasteiger partial charge in [-0.1, -0.05) is 148 Å². The summed E-state index contributed by atoms with van der Waals surface area (Å²) in [5, 5.41) is 2.50. The van der Waals surface area contributed by atoms with E-state index in [1.807, 2.05) is 0 Å². The smallest absolute Gasteiger partial charge is 0.0561 e. The first-order valence-corrected chi connectivity index (χ1v) is 21.6. The molecule has 8 aromatic carbocycles. The van der Waals surface area contributed by atoms with Crippen molar-refractivity contribution >= 4 is 55.9 Å². The molecule has 1 aliphatic carbocycles. The first-order chi connectivity index (χ1) is 29.5. The molecule has 10 rings (SSSR count). The summed E-state index contributed by atoms with van der Waals surface area (Å²) in [6.07, 6.45) is 6.70. The molecular weight excluding hydrogens is 727 g/mol. The van der Waals surface area contributed by atoms with E-state index in [4.69, 9.17) is 0 Å².